The average Bonchev–Trinajstić information content (AvgIpc) is 3.18. The van der Waals surface area contributed by atoms with Gasteiger partial charge in [0.05, 0.1) is 0 Å². The van der Waals surface area contributed by atoms with E-state index in [1.54, 1.807) is 0 Å². The van der Waals surface area contributed by atoms with Crippen molar-refractivity contribution >= 4 is 0 Å². The molecule has 0 spiro atoms. The molecule has 0 bridgehead atoms. The van der Waals surface area contributed by atoms with Crippen LogP contribution < -0.4 is 0 Å². The number of aromatic nitrogens is 4. The summed E-state index contributed by atoms with van der Waals surface area (Å²) in [4.78, 5) is 6.10. The van der Waals surface area contributed by atoms with E-state index in [-0.39, 0.29) is 5.56 Å². The summed E-state index contributed by atoms with van der Waals surface area (Å²) in [6.07, 6.45) is -5.69. The number of nitrogens with one attached hydrogen (secondary N) is 1. The SMILES string of the molecule is FC(F)(F)C(F)(F)C(F)(F)C(F)(F)C(F)(F)C(F)(F)C(F)(F)c1nc(-c2ccncc2)n[nH]1. The van der Waals surface area contributed by atoms with Gasteiger partial charge in [0.1, 0.15) is 0 Å². The maximum atomic E-state index is 14.0. The number of H-pyrrole nitrogens is 1. The largest absolute Gasteiger partial charge is 0.460 e. The Kier molecular flexibility index (Phi) is 5.92. The number of pyridine rings is 1. The van der Waals surface area contributed by atoms with Crippen molar-refractivity contribution in [1.82, 2.24) is 20.2 Å². The van der Waals surface area contributed by atoms with Gasteiger partial charge in [0.25, 0.3) is 0 Å². The lowest BCUT2D eigenvalue weighted by Gasteiger charge is -2.41. The molecule has 0 aliphatic carbocycles. The molecule has 0 aromatic carbocycles. The second-order valence-corrected chi connectivity index (χ2v) is 6.19. The molecule has 33 heavy (non-hydrogen) atoms. The van der Waals surface area contributed by atoms with E-state index in [1.807, 2.05) is 0 Å². The van der Waals surface area contributed by atoms with E-state index in [0.29, 0.717) is 0 Å². The molecule has 19 heteroatoms. The molecular weight excluding hydrogens is 509 g/mol. The fourth-order valence-corrected chi connectivity index (χ4v) is 2.15. The van der Waals surface area contributed by atoms with Gasteiger partial charge in [0.2, 0.25) is 5.82 Å². The summed E-state index contributed by atoms with van der Waals surface area (Å²) >= 11 is 0. The summed E-state index contributed by atoms with van der Waals surface area (Å²) < 4.78 is 198. The van der Waals surface area contributed by atoms with Crippen LogP contribution in [-0.2, 0) is 5.92 Å². The van der Waals surface area contributed by atoms with E-state index >= 15 is 0 Å². The van der Waals surface area contributed by atoms with Crippen molar-refractivity contribution in [1.29, 1.82) is 0 Å². The lowest BCUT2D eigenvalue weighted by Crippen LogP contribution is -2.72. The highest BCUT2D eigenvalue weighted by atomic mass is 19.4. The normalized spacial score (nSPS) is 15.1. The van der Waals surface area contributed by atoms with Crippen LogP contribution in [0.4, 0.5) is 65.9 Å². The molecule has 2 rings (SSSR count). The molecule has 4 nitrogen and oxygen atoms in total. The number of alkyl halides is 15. The third-order valence-corrected chi connectivity index (χ3v) is 4.05. The van der Waals surface area contributed by atoms with Crippen LogP contribution in [0, 0.1) is 0 Å². The molecule has 0 fully saturated rings. The van der Waals surface area contributed by atoms with Gasteiger partial charge in [-0.15, -0.1) is 0 Å². The van der Waals surface area contributed by atoms with Crippen LogP contribution in [0.3, 0.4) is 0 Å². The highest BCUT2D eigenvalue weighted by Gasteiger charge is 2.93. The Hall–Kier alpha value is -2.76. The monoisotopic (exact) mass is 514 g/mol. The average molecular weight is 514 g/mol. The quantitative estimate of drug-likeness (QED) is 0.483. The van der Waals surface area contributed by atoms with Crippen molar-refractivity contribution in [2.45, 2.75) is 41.7 Å². The molecule has 186 valence electrons. The van der Waals surface area contributed by atoms with E-state index in [4.69, 9.17) is 0 Å². The van der Waals surface area contributed by atoms with Crippen molar-refractivity contribution in [3.63, 3.8) is 0 Å². The van der Waals surface area contributed by atoms with Crippen molar-refractivity contribution in [2.24, 2.45) is 0 Å². The standard InChI is InChI=1S/C14H5F15N4/c15-8(16,7-31-6(32-33-7)5-1-3-30-4-2-5)9(17,18)10(19,20)11(21,22)12(23,24)13(25,26)14(27,28)29/h1-4H,(H,31,32,33). The zero-order valence-electron chi connectivity index (χ0n) is 14.8. The van der Waals surface area contributed by atoms with Gasteiger partial charge >= 0.3 is 41.7 Å². The minimum absolute atomic E-state index is 0.278. The van der Waals surface area contributed by atoms with Crippen molar-refractivity contribution < 1.29 is 65.9 Å². The molecule has 0 atom stereocenters. The summed E-state index contributed by atoms with van der Waals surface area (Å²) in [6, 6.07) is 1.93. The Bertz CT molecular complexity index is 980. The Morgan fingerprint density at radius 3 is 1.45 bits per heavy atom. The number of aromatic amines is 1. The number of halogens is 15. The highest BCUT2D eigenvalue weighted by molar-refractivity contribution is 5.53. The first-order valence-electron chi connectivity index (χ1n) is 7.74. The first-order valence-corrected chi connectivity index (χ1v) is 7.74. The van der Waals surface area contributed by atoms with Crippen molar-refractivity contribution in [2.75, 3.05) is 0 Å². The van der Waals surface area contributed by atoms with Crippen LogP contribution in [0.2, 0.25) is 0 Å². The van der Waals surface area contributed by atoms with Gasteiger partial charge in [-0.25, -0.2) is 4.98 Å². The van der Waals surface area contributed by atoms with Crippen LogP contribution in [0.5, 0.6) is 0 Å². The molecule has 2 heterocycles. The number of hydrogen-bond acceptors (Lipinski definition) is 3. The summed E-state index contributed by atoms with van der Waals surface area (Å²) in [6.45, 7) is 0. The van der Waals surface area contributed by atoms with Crippen LogP contribution >= 0.6 is 0 Å². The van der Waals surface area contributed by atoms with E-state index in [1.165, 1.54) is 0 Å². The predicted molar refractivity (Wildman–Crippen MR) is 74.3 cm³/mol. The number of nitrogens with zero attached hydrogens (tertiary/aromatic N) is 3. The third-order valence-electron chi connectivity index (χ3n) is 4.05. The topological polar surface area (TPSA) is 54.5 Å². The van der Waals surface area contributed by atoms with Crippen molar-refractivity contribution in [3.8, 4) is 11.4 Å². The molecule has 0 aliphatic heterocycles. The van der Waals surface area contributed by atoms with Gasteiger partial charge in [-0.05, 0) is 12.1 Å². The van der Waals surface area contributed by atoms with E-state index < -0.39 is 53.4 Å². The Balaban J connectivity index is 2.57. The molecule has 0 amide bonds. The highest BCUT2D eigenvalue weighted by Crippen LogP contribution is 2.63. The fraction of sp³-hybridized carbons (Fsp3) is 0.500. The first kappa shape index (κ1) is 26.5. The molecule has 0 saturated heterocycles. The van der Waals surface area contributed by atoms with E-state index in [2.05, 4.69) is 15.1 Å². The second-order valence-electron chi connectivity index (χ2n) is 6.19. The lowest BCUT2D eigenvalue weighted by molar-refractivity contribution is -0.454. The number of rotatable bonds is 7. The maximum absolute atomic E-state index is 14.0. The molecule has 0 unspecified atom stereocenters. The molecule has 0 radical (unpaired) electrons. The predicted octanol–water partition coefficient (Wildman–Crippen LogP) is 5.70. The summed E-state index contributed by atoms with van der Waals surface area (Å²) in [5.41, 5.74) is -0.278. The zero-order valence-corrected chi connectivity index (χ0v) is 14.8. The Labute approximate surface area is 170 Å². The van der Waals surface area contributed by atoms with Gasteiger partial charge < -0.3 is 0 Å². The number of hydrogen-bond donors (Lipinski definition) is 1. The van der Waals surface area contributed by atoms with Crippen LogP contribution in [0.25, 0.3) is 11.4 Å². The molecule has 0 aliphatic rings. The van der Waals surface area contributed by atoms with E-state index in [0.717, 1.165) is 29.6 Å². The van der Waals surface area contributed by atoms with E-state index in [9.17, 15) is 65.9 Å². The van der Waals surface area contributed by atoms with Crippen LogP contribution in [0.1, 0.15) is 5.82 Å². The molecular formula is C14H5F15N4. The van der Waals surface area contributed by atoms with Gasteiger partial charge in [0, 0.05) is 18.0 Å². The molecule has 1 N–H and O–H groups in total. The molecule has 0 saturated carbocycles. The first-order chi connectivity index (χ1) is 14.6. The van der Waals surface area contributed by atoms with Gasteiger partial charge in [-0.3, -0.25) is 10.1 Å². The van der Waals surface area contributed by atoms with Crippen molar-refractivity contribution in [3.05, 3.63) is 30.4 Å². The summed E-state index contributed by atoms with van der Waals surface area (Å²) in [5, 5.41) is 3.87. The lowest BCUT2D eigenvalue weighted by atomic mass is 9.91. The van der Waals surface area contributed by atoms with Gasteiger partial charge in [-0.2, -0.15) is 71.0 Å². The molecule has 2 aromatic rings. The molecule has 2 aromatic heterocycles. The van der Waals surface area contributed by atoms with Crippen LogP contribution in [0.15, 0.2) is 24.5 Å². The zero-order chi connectivity index (χ0) is 25.9. The fourth-order valence-electron chi connectivity index (χ4n) is 2.15. The maximum Gasteiger partial charge on any atom is 0.460 e. The Morgan fingerprint density at radius 1 is 0.576 bits per heavy atom. The summed E-state index contributed by atoms with van der Waals surface area (Å²) in [5.74, 6) is -50.8. The van der Waals surface area contributed by atoms with Gasteiger partial charge in [0.15, 0.2) is 5.82 Å². The Morgan fingerprint density at radius 2 is 1.00 bits per heavy atom. The smallest absolute Gasteiger partial charge is 0.265 e. The third kappa shape index (κ3) is 3.54. The second kappa shape index (κ2) is 7.37. The minimum atomic E-state index is -8.36. The minimum Gasteiger partial charge on any atom is -0.265 e. The summed E-state index contributed by atoms with van der Waals surface area (Å²) in [7, 11) is 0. The van der Waals surface area contributed by atoms with Crippen LogP contribution in [-0.4, -0.2) is 56.0 Å². The van der Waals surface area contributed by atoms with Gasteiger partial charge in [-0.1, -0.05) is 0 Å².